The maximum Gasteiger partial charge on any atom is 0.237 e. The van der Waals surface area contributed by atoms with E-state index in [4.69, 9.17) is 33.0 Å². The highest BCUT2D eigenvalue weighted by Gasteiger charge is 2.61. The lowest BCUT2D eigenvalue weighted by atomic mass is 9.61. The van der Waals surface area contributed by atoms with Crippen molar-refractivity contribution in [3.8, 4) is 6.07 Å². The fourth-order valence-electron chi connectivity index (χ4n) is 6.29. The van der Waals surface area contributed by atoms with E-state index < -0.39 is 59.1 Å². The third-order valence-corrected chi connectivity index (χ3v) is 8.98. The average Bonchev–Trinajstić information content (AvgIpc) is 3.28. The molecule has 5 atom stereocenters. The third-order valence-electron chi connectivity index (χ3n) is 8.45. The number of nitrogens with one attached hydrogen (secondary N) is 2. The van der Waals surface area contributed by atoms with E-state index in [1.54, 1.807) is 0 Å². The Bertz CT molecular complexity index is 1380. The van der Waals surface area contributed by atoms with E-state index in [1.807, 2.05) is 19.9 Å². The Labute approximate surface area is 254 Å². The molecule has 2 aliphatic heterocycles. The summed E-state index contributed by atoms with van der Waals surface area (Å²) >= 11 is 12.3. The number of nitrogens with zero attached hydrogens (tertiary/aromatic N) is 1. The molecule has 226 valence electrons. The highest BCUT2D eigenvalue weighted by Crippen LogP contribution is 2.53. The Hall–Kier alpha value is -2.58. The van der Waals surface area contributed by atoms with Gasteiger partial charge in [-0.1, -0.05) is 66.9 Å². The van der Waals surface area contributed by atoms with Crippen molar-refractivity contribution in [3.63, 3.8) is 0 Å². The van der Waals surface area contributed by atoms with Gasteiger partial charge in [0.15, 0.2) is 0 Å². The van der Waals surface area contributed by atoms with Crippen molar-refractivity contribution in [3.05, 3.63) is 80.9 Å². The van der Waals surface area contributed by atoms with E-state index >= 15 is 8.78 Å². The lowest BCUT2D eigenvalue weighted by molar-refractivity contribution is -0.123. The molecule has 2 aromatic rings. The second-order valence-corrected chi connectivity index (χ2v) is 12.3. The van der Waals surface area contributed by atoms with E-state index in [0.717, 1.165) is 11.6 Å². The van der Waals surface area contributed by atoms with Gasteiger partial charge in [-0.25, -0.2) is 8.78 Å². The molecule has 42 heavy (non-hydrogen) atoms. The zero-order chi connectivity index (χ0) is 30.7. The summed E-state index contributed by atoms with van der Waals surface area (Å²) in [6.45, 7) is 4.58. The number of benzene rings is 2. The van der Waals surface area contributed by atoms with E-state index in [-0.39, 0.29) is 34.1 Å². The fraction of sp³-hybridized carbons (Fsp3) is 0.484. The molecule has 7 nitrogen and oxygen atoms in total. The van der Waals surface area contributed by atoms with Crippen LogP contribution in [0.2, 0.25) is 10.0 Å². The maximum atomic E-state index is 15.9. The molecule has 2 aliphatic rings. The van der Waals surface area contributed by atoms with Crippen LogP contribution in [0.3, 0.4) is 0 Å². The van der Waals surface area contributed by atoms with Gasteiger partial charge in [-0.05, 0) is 48.4 Å². The van der Waals surface area contributed by atoms with Gasteiger partial charge in [-0.3, -0.25) is 4.79 Å². The van der Waals surface area contributed by atoms with Gasteiger partial charge in [0, 0.05) is 29.1 Å². The van der Waals surface area contributed by atoms with Crippen LogP contribution in [0, 0.1) is 28.4 Å². The van der Waals surface area contributed by atoms with Crippen LogP contribution in [-0.4, -0.2) is 60.7 Å². The molecule has 4 rings (SSSR count). The molecule has 11 heteroatoms. The Kier molecular flexibility index (Phi) is 10.3. The fourth-order valence-corrected chi connectivity index (χ4v) is 6.63. The zero-order valence-electron chi connectivity index (χ0n) is 23.5. The molecule has 1 saturated heterocycles. The number of aliphatic hydroxyl groups is 2. The van der Waals surface area contributed by atoms with Crippen molar-refractivity contribution >= 4 is 29.1 Å². The van der Waals surface area contributed by atoms with Gasteiger partial charge < -0.3 is 25.6 Å². The van der Waals surface area contributed by atoms with Crippen LogP contribution in [0.4, 0.5) is 8.78 Å². The molecule has 0 aromatic heterocycles. The third kappa shape index (κ3) is 6.35. The summed E-state index contributed by atoms with van der Waals surface area (Å²) in [4.78, 5) is 13.8. The summed E-state index contributed by atoms with van der Waals surface area (Å²) < 4.78 is 37.2. The molecule has 0 saturated carbocycles. The van der Waals surface area contributed by atoms with Gasteiger partial charge in [0.25, 0.3) is 0 Å². The van der Waals surface area contributed by atoms with Crippen LogP contribution in [0.5, 0.6) is 0 Å². The van der Waals surface area contributed by atoms with Gasteiger partial charge in [-0.2, -0.15) is 5.26 Å². The van der Waals surface area contributed by atoms with Gasteiger partial charge in [0.05, 0.1) is 43.1 Å². The standard InChI is InChI=1S/C31H35Cl2F2N3O4/c1-30(2,18-9-12-42-13-10-18)15-25-31(17-36,22-7-6-19(32)14-24(22)34)26(21-4-3-5-23(33)27(21)35)28(38-25)29(41)37-11-8-20(40)16-39/h3-7,9,14,20,25-26,28,38-40H,8,10-13,15-16H2,1-2H3,(H,37,41)/t20-,25?,26?,28?,31?/m0/s1. The first-order valence-corrected chi connectivity index (χ1v) is 14.6. The van der Waals surface area contributed by atoms with E-state index in [9.17, 15) is 15.2 Å². The van der Waals surface area contributed by atoms with Crippen LogP contribution >= 0.6 is 23.2 Å². The molecular weight excluding hydrogens is 587 g/mol. The number of rotatable bonds is 10. The number of carbonyl (C=O) groups excluding carboxylic acids is 1. The molecular formula is C31H35Cl2F2N3O4. The van der Waals surface area contributed by atoms with E-state index in [2.05, 4.69) is 16.7 Å². The molecule has 4 N–H and O–H groups in total. The zero-order valence-corrected chi connectivity index (χ0v) is 25.0. The summed E-state index contributed by atoms with van der Waals surface area (Å²) in [6, 6.07) is 8.68. The summed E-state index contributed by atoms with van der Waals surface area (Å²) in [5.41, 5.74) is -1.18. The molecule has 1 fully saturated rings. The maximum absolute atomic E-state index is 15.9. The number of nitriles is 1. The smallest absolute Gasteiger partial charge is 0.237 e. The Balaban J connectivity index is 1.90. The molecule has 0 radical (unpaired) electrons. The van der Waals surface area contributed by atoms with Crippen LogP contribution in [0.1, 0.15) is 50.2 Å². The van der Waals surface area contributed by atoms with Gasteiger partial charge >= 0.3 is 0 Å². The van der Waals surface area contributed by atoms with Crippen molar-refractivity contribution in [2.75, 3.05) is 26.4 Å². The number of aliphatic hydroxyl groups excluding tert-OH is 2. The topological polar surface area (TPSA) is 115 Å². The van der Waals surface area contributed by atoms with Gasteiger partial charge in [0.2, 0.25) is 5.91 Å². The second-order valence-electron chi connectivity index (χ2n) is 11.5. The van der Waals surface area contributed by atoms with Crippen molar-refractivity contribution in [2.45, 2.75) is 62.6 Å². The van der Waals surface area contributed by atoms with E-state index in [1.165, 1.54) is 30.3 Å². The van der Waals surface area contributed by atoms with Crippen molar-refractivity contribution < 1.29 is 28.5 Å². The van der Waals surface area contributed by atoms with Crippen molar-refractivity contribution in [2.24, 2.45) is 5.41 Å². The second kappa shape index (κ2) is 13.4. The summed E-state index contributed by atoms with van der Waals surface area (Å²) in [5, 5.41) is 35.9. The molecule has 0 bridgehead atoms. The first-order valence-electron chi connectivity index (χ1n) is 13.9. The molecule has 4 unspecified atom stereocenters. The quantitative estimate of drug-likeness (QED) is 0.284. The largest absolute Gasteiger partial charge is 0.394 e. The Morgan fingerprint density at radius 1 is 1.31 bits per heavy atom. The lowest BCUT2D eigenvalue weighted by Crippen LogP contribution is -2.46. The number of halogens is 4. The number of amides is 1. The molecule has 0 aliphatic carbocycles. The number of hydrogen-bond acceptors (Lipinski definition) is 6. The van der Waals surface area contributed by atoms with Crippen LogP contribution in [0.25, 0.3) is 0 Å². The Morgan fingerprint density at radius 2 is 2.07 bits per heavy atom. The molecule has 0 spiro atoms. The normalized spacial score (nSPS) is 25.0. The summed E-state index contributed by atoms with van der Waals surface area (Å²) in [6.07, 6.45) is 2.02. The predicted octanol–water partition coefficient (Wildman–Crippen LogP) is 4.78. The van der Waals surface area contributed by atoms with Gasteiger partial charge in [-0.15, -0.1) is 0 Å². The highest BCUT2D eigenvalue weighted by atomic mass is 35.5. The van der Waals surface area contributed by atoms with Gasteiger partial charge in [0.1, 0.15) is 17.0 Å². The van der Waals surface area contributed by atoms with Crippen LogP contribution < -0.4 is 10.6 Å². The summed E-state index contributed by atoms with van der Waals surface area (Å²) in [5.74, 6) is -3.33. The first-order chi connectivity index (χ1) is 20.0. The van der Waals surface area contributed by atoms with E-state index in [0.29, 0.717) is 26.1 Å². The molecule has 2 heterocycles. The van der Waals surface area contributed by atoms with Crippen LogP contribution in [-0.2, 0) is 14.9 Å². The minimum absolute atomic E-state index is 0.00738. The molecule has 2 aromatic carbocycles. The van der Waals surface area contributed by atoms with Crippen molar-refractivity contribution in [1.82, 2.24) is 10.6 Å². The van der Waals surface area contributed by atoms with Crippen LogP contribution in [0.15, 0.2) is 48.0 Å². The minimum atomic E-state index is -1.77. The highest BCUT2D eigenvalue weighted by molar-refractivity contribution is 6.31. The summed E-state index contributed by atoms with van der Waals surface area (Å²) in [7, 11) is 0. The Morgan fingerprint density at radius 3 is 2.71 bits per heavy atom. The first kappa shape index (κ1) is 32.3. The predicted molar refractivity (Wildman–Crippen MR) is 156 cm³/mol. The minimum Gasteiger partial charge on any atom is -0.394 e. The van der Waals surface area contributed by atoms with Crippen molar-refractivity contribution in [1.29, 1.82) is 5.26 Å². The average molecular weight is 623 g/mol. The lowest BCUT2D eigenvalue weighted by Gasteiger charge is -2.39. The number of ether oxygens (including phenoxy) is 1. The monoisotopic (exact) mass is 621 g/mol. The number of hydrogen-bond donors (Lipinski definition) is 4. The molecule has 1 amide bonds. The SMILES string of the molecule is CC(C)(CC1NC(C(=O)NCC[C@H](O)CO)C(c2cccc(Cl)c2F)C1(C#N)c1ccc(Cl)cc1F)C1=CCOCC1. The number of carbonyl (C=O) groups is 1.